The molecule has 0 saturated heterocycles. The number of unbranched alkanes of at least 4 members (excludes halogenated alkanes) is 1. The Kier molecular flexibility index (Phi) is 14.7. The number of hydrogen-bond acceptors (Lipinski definition) is 10. The Hall–Kier alpha value is -4.45. The number of carbonyl (C=O) groups is 5. The highest BCUT2D eigenvalue weighted by Gasteiger charge is 2.42. The van der Waals surface area contributed by atoms with Crippen molar-refractivity contribution in [3.8, 4) is 0 Å². The molecule has 0 radical (unpaired) electrons. The van der Waals surface area contributed by atoms with Crippen LogP contribution in [-0.4, -0.2) is 64.8 Å². The molecule has 46 heavy (non-hydrogen) atoms. The highest BCUT2D eigenvalue weighted by Crippen LogP contribution is 2.20. The lowest BCUT2D eigenvalue weighted by Gasteiger charge is -2.33. The van der Waals surface area contributed by atoms with Gasteiger partial charge in [0, 0.05) is 0 Å². The van der Waals surface area contributed by atoms with Gasteiger partial charge in [-0.3, -0.25) is 9.59 Å². The number of nitrogens with zero attached hydrogens (tertiary/aromatic N) is 1. The van der Waals surface area contributed by atoms with Crippen LogP contribution in [0.1, 0.15) is 78.4 Å². The number of amides is 3. The summed E-state index contributed by atoms with van der Waals surface area (Å²) < 4.78 is 21.8. The summed E-state index contributed by atoms with van der Waals surface area (Å²) in [5, 5.41) is 2.39. The van der Waals surface area contributed by atoms with E-state index in [4.69, 9.17) is 24.7 Å². The third kappa shape index (κ3) is 14.1. The van der Waals surface area contributed by atoms with Crippen molar-refractivity contribution < 1.29 is 42.9 Å². The largest absolute Gasteiger partial charge is 0.461 e. The van der Waals surface area contributed by atoms with Crippen LogP contribution in [0.2, 0.25) is 0 Å². The molecule has 0 bridgehead atoms. The summed E-state index contributed by atoms with van der Waals surface area (Å²) in [6.45, 7) is 9.84. The minimum absolute atomic E-state index is 0.00407. The molecule has 0 aromatic heterocycles. The number of hydrogen-bond donors (Lipinski definition) is 2. The molecule has 0 aliphatic rings. The summed E-state index contributed by atoms with van der Waals surface area (Å²) in [6, 6.07) is 14.5. The second kappa shape index (κ2) is 17.9. The van der Waals surface area contributed by atoms with Crippen LogP contribution >= 0.6 is 0 Å². The van der Waals surface area contributed by atoms with Gasteiger partial charge in [0.2, 0.25) is 0 Å². The topological polar surface area (TPSA) is 164 Å². The first-order chi connectivity index (χ1) is 21.6. The van der Waals surface area contributed by atoms with E-state index in [2.05, 4.69) is 5.32 Å². The van der Waals surface area contributed by atoms with Crippen LogP contribution in [0.25, 0.3) is 0 Å². The number of nitrogens with two attached hydrogens (primary N) is 1. The second-order valence-electron chi connectivity index (χ2n) is 12.6. The molecule has 3 amide bonds. The Morgan fingerprint density at radius 1 is 0.761 bits per heavy atom. The first-order valence-electron chi connectivity index (χ1n) is 15.3. The number of ether oxygens (including phenoxy) is 4. The molecule has 0 unspecified atom stereocenters. The van der Waals surface area contributed by atoms with Crippen LogP contribution < -0.4 is 11.1 Å². The van der Waals surface area contributed by atoms with Gasteiger partial charge in [0.05, 0.1) is 6.42 Å². The lowest BCUT2D eigenvalue weighted by atomic mass is 10.0. The van der Waals surface area contributed by atoms with Crippen molar-refractivity contribution in [2.45, 2.75) is 104 Å². The van der Waals surface area contributed by atoms with Gasteiger partial charge in [-0.15, -0.1) is 0 Å². The lowest BCUT2D eigenvalue weighted by Crippen LogP contribution is -2.57. The maximum atomic E-state index is 14.3. The van der Waals surface area contributed by atoms with Gasteiger partial charge in [-0.2, -0.15) is 0 Å². The van der Waals surface area contributed by atoms with Crippen LogP contribution in [0.4, 0.5) is 9.59 Å². The molecule has 0 saturated carbocycles. The third-order valence-electron chi connectivity index (χ3n) is 6.16. The minimum Gasteiger partial charge on any atom is -0.461 e. The molecule has 252 valence electrons. The highest BCUT2D eigenvalue weighted by molar-refractivity contribution is 6.01. The Morgan fingerprint density at radius 3 is 1.78 bits per heavy atom. The second-order valence-corrected chi connectivity index (χ2v) is 12.6. The van der Waals surface area contributed by atoms with Crippen LogP contribution in [0.5, 0.6) is 0 Å². The zero-order valence-electron chi connectivity index (χ0n) is 27.6. The summed E-state index contributed by atoms with van der Waals surface area (Å²) in [6.07, 6.45) is -2.00. The predicted octanol–water partition coefficient (Wildman–Crippen LogP) is 5.02. The summed E-state index contributed by atoms with van der Waals surface area (Å²) in [5.74, 6) is -2.78. The number of benzene rings is 2. The molecule has 12 nitrogen and oxygen atoms in total. The molecule has 2 aromatic rings. The van der Waals surface area contributed by atoms with Gasteiger partial charge in [0.15, 0.2) is 0 Å². The molecule has 12 heteroatoms. The van der Waals surface area contributed by atoms with Crippen LogP contribution in [-0.2, 0) is 46.5 Å². The summed E-state index contributed by atoms with van der Waals surface area (Å²) in [5.41, 5.74) is 5.11. The van der Waals surface area contributed by atoms with E-state index in [1.54, 1.807) is 96.1 Å². The van der Waals surface area contributed by atoms with E-state index in [1.807, 2.05) is 6.07 Å². The summed E-state index contributed by atoms with van der Waals surface area (Å²) in [4.78, 5) is 68.0. The highest BCUT2D eigenvalue weighted by atomic mass is 16.6. The van der Waals surface area contributed by atoms with E-state index in [0.29, 0.717) is 35.4 Å². The molecular formula is C34H47N3O9. The van der Waals surface area contributed by atoms with E-state index < -0.39 is 59.7 Å². The first kappa shape index (κ1) is 37.7. The fourth-order valence-electron chi connectivity index (χ4n) is 4.15. The van der Waals surface area contributed by atoms with E-state index >= 15 is 0 Å². The van der Waals surface area contributed by atoms with Crippen LogP contribution in [0.3, 0.4) is 0 Å². The average Bonchev–Trinajstić information content (AvgIpc) is 2.97. The maximum absolute atomic E-state index is 14.3. The molecule has 0 spiro atoms. The van der Waals surface area contributed by atoms with Crippen molar-refractivity contribution >= 4 is 30.0 Å². The fraction of sp³-hybridized carbons (Fsp3) is 0.500. The van der Waals surface area contributed by atoms with Crippen molar-refractivity contribution in [3.63, 3.8) is 0 Å². The zero-order chi connectivity index (χ0) is 34.3. The standard InChI is InChI=1S/C34H47N3O9/c1-33(2,3)45-30(40)27(19-13-14-20-35)37(32(42)44-23-25-17-11-8-12-18-25)29(39)26(36-31(41)46-34(4,5)6)21-28(38)43-22-24-15-9-7-10-16-24/h7-12,15-18,26-27H,13-14,19-23,35H2,1-6H3,(H,36,41)/t26-,27-/m0/s1. The Bertz CT molecular complexity index is 1290. The number of carbonyl (C=O) groups excluding carboxylic acids is 5. The van der Waals surface area contributed by atoms with Gasteiger partial charge in [-0.05, 0) is 78.5 Å². The summed E-state index contributed by atoms with van der Waals surface area (Å²) in [7, 11) is 0. The van der Waals surface area contributed by atoms with E-state index in [9.17, 15) is 24.0 Å². The van der Waals surface area contributed by atoms with Gasteiger partial charge in [-0.25, -0.2) is 19.3 Å². The average molecular weight is 642 g/mol. The third-order valence-corrected chi connectivity index (χ3v) is 6.16. The SMILES string of the molecule is CC(C)(C)OC(=O)N[C@@H](CC(=O)OCc1ccccc1)C(=O)N(C(=O)OCc1ccccc1)[C@@H](CCCCN)C(=O)OC(C)(C)C. The monoisotopic (exact) mass is 641 g/mol. The number of rotatable bonds is 14. The fourth-order valence-corrected chi connectivity index (χ4v) is 4.15. The molecule has 2 atom stereocenters. The van der Waals surface area contributed by atoms with Gasteiger partial charge in [0.1, 0.15) is 36.5 Å². The quantitative estimate of drug-likeness (QED) is 0.163. The van der Waals surface area contributed by atoms with Gasteiger partial charge in [-0.1, -0.05) is 60.7 Å². The number of alkyl carbamates (subject to hydrolysis) is 1. The smallest absolute Gasteiger partial charge is 0.417 e. The lowest BCUT2D eigenvalue weighted by molar-refractivity contribution is -0.164. The van der Waals surface area contributed by atoms with Gasteiger partial charge in [0.25, 0.3) is 5.91 Å². The van der Waals surface area contributed by atoms with Crippen molar-refractivity contribution in [1.29, 1.82) is 0 Å². The van der Waals surface area contributed by atoms with E-state index in [0.717, 1.165) is 0 Å². The van der Waals surface area contributed by atoms with Crippen molar-refractivity contribution in [2.24, 2.45) is 5.73 Å². The Balaban J connectivity index is 2.48. The molecule has 0 aliphatic carbocycles. The first-order valence-corrected chi connectivity index (χ1v) is 15.3. The number of imide groups is 1. The van der Waals surface area contributed by atoms with Gasteiger partial charge < -0.3 is 30.0 Å². The van der Waals surface area contributed by atoms with E-state index in [1.165, 1.54) is 0 Å². The minimum atomic E-state index is -1.66. The maximum Gasteiger partial charge on any atom is 0.417 e. The molecule has 3 N–H and O–H groups in total. The Labute approximate surface area is 270 Å². The number of esters is 2. The van der Waals surface area contributed by atoms with Crippen molar-refractivity contribution in [1.82, 2.24) is 10.2 Å². The van der Waals surface area contributed by atoms with Gasteiger partial charge >= 0.3 is 24.1 Å². The molecular weight excluding hydrogens is 594 g/mol. The predicted molar refractivity (Wildman–Crippen MR) is 170 cm³/mol. The zero-order valence-corrected chi connectivity index (χ0v) is 27.6. The van der Waals surface area contributed by atoms with Crippen molar-refractivity contribution in [2.75, 3.05) is 6.54 Å². The normalized spacial score (nSPS) is 12.7. The van der Waals surface area contributed by atoms with E-state index in [-0.39, 0.29) is 19.6 Å². The molecule has 0 aliphatic heterocycles. The van der Waals surface area contributed by atoms with Crippen LogP contribution in [0, 0.1) is 0 Å². The van der Waals surface area contributed by atoms with Crippen LogP contribution in [0.15, 0.2) is 60.7 Å². The summed E-state index contributed by atoms with van der Waals surface area (Å²) >= 11 is 0. The number of nitrogens with one attached hydrogen (secondary N) is 1. The Morgan fingerprint density at radius 2 is 1.28 bits per heavy atom. The molecule has 2 rings (SSSR count). The van der Waals surface area contributed by atoms with Crippen molar-refractivity contribution in [3.05, 3.63) is 71.8 Å². The molecule has 2 aromatic carbocycles. The molecule has 0 heterocycles. The molecule has 0 fully saturated rings.